The minimum absolute atomic E-state index is 0.0350. The second kappa shape index (κ2) is 10.3. The van der Waals surface area contributed by atoms with Crippen molar-refractivity contribution in [3.8, 4) is 5.75 Å². The molecule has 0 fully saturated rings. The molecule has 0 unspecified atom stereocenters. The second-order valence-corrected chi connectivity index (χ2v) is 8.10. The van der Waals surface area contributed by atoms with Crippen molar-refractivity contribution in [2.45, 2.75) is 25.8 Å². The lowest BCUT2D eigenvalue weighted by atomic mass is 9.99. The Balaban J connectivity index is 1.17. The van der Waals surface area contributed by atoms with Crippen LogP contribution < -0.4 is 10.1 Å². The molecule has 0 saturated carbocycles. The van der Waals surface area contributed by atoms with E-state index in [-0.39, 0.29) is 5.91 Å². The molecule has 4 nitrogen and oxygen atoms in total. The van der Waals surface area contributed by atoms with Gasteiger partial charge in [-0.3, -0.25) is 9.69 Å². The van der Waals surface area contributed by atoms with Crippen molar-refractivity contribution in [2.24, 2.45) is 0 Å². The summed E-state index contributed by atoms with van der Waals surface area (Å²) in [5, 5.41) is 5.39. The summed E-state index contributed by atoms with van der Waals surface area (Å²) < 4.78 is 5.35. The van der Waals surface area contributed by atoms with E-state index >= 15 is 0 Å². The largest absolute Gasteiger partial charge is 0.497 e. The normalized spacial score (nSPS) is 14.0. The van der Waals surface area contributed by atoms with Crippen LogP contribution in [0.25, 0.3) is 16.8 Å². The average Bonchev–Trinajstić information content (AvgIpc) is 2.81. The summed E-state index contributed by atoms with van der Waals surface area (Å²) in [5.74, 6) is 0.896. The summed E-state index contributed by atoms with van der Waals surface area (Å²) in [6, 6.07) is 20.9. The lowest BCUT2D eigenvalue weighted by molar-refractivity contribution is -0.116. The smallest absolute Gasteiger partial charge is 0.243 e. The molecule has 1 aliphatic heterocycles. The Hall–Kier alpha value is -3.11. The van der Waals surface area contributed by atoms with Gasteiger partial charge in [-0.05, 0) is 77.5 Å². The van der Waals surface area contributed by atoms with Crippen molar-refractivity contribution < 1.29 is 9.53 Å². The van der Waals surface area contributed by atoms with Gasteiger partial charge >= 0.3 is 0 Å². The first kappa shape index (κ1) is 21.1. The molecular formula is C27H30N2O2. The maximum atomic E-state index is 12.1. The van der Waals surface area contributed by atoms with Crippen LogP contribution in [0.2, 0.25) is 0 Å². The summed E-state index contributed by atoms with van der Waals surface area (Å²) in [7, 11) is 1.72. The van der Waals surface area contributed by atoms with Crippen LogP contribution in [0, 0.1) is 0 Å². The highest BCUT2D eigenvalue weighted by Gasteiger charge is 2.16. The molecule has 4 rings (SSSR count). The molecule has 1 aliphatic rings. The molecule has 3 aromatic carbocycles. The van der Waals surface area contributed by atoms with E-state index in [1.165, 1.54) is 21.9 Å². The van der Waals surface area contributed by atoms with Crippen LogP contribution in [-0.4, -0.2) is 37.6 Å². The van der Waals surface area contributed by atoms with Crippen LogP contribution in [-0.2, 0) is 17.8 Å². The first-order valence-corrected chi connectivity index (χ1v) is 11.0. The Kier molecular flexibility index (Phi) is 7.00. The number of hydrogen-bond donors (Lipinski definition) is 1. The molecule has 1 amide bonds. The van der Waals surface area contributed by atoms with Gasteiger partial charge in [0, 0.05) is 25.7 Å². The SMILES string of the molecule is COc1ccc2c(c1)CN(CCCCNC(=O)C=Cc1ccc3ccccc3c1)CC2. The Labute approximate surface area is 184 Å². The summed E-state index contributed by atoms with van der Waals surface area (Å²) in [6.07, 6.45) is 6.65. The van der Waals surface area contributed by atoms with Crippen LogP contribution >= 0.6 is 0 Å². The highest BCUT2D eigenvalue weighted by atomic mass is 16.5. The fraction of sp³-hybridized carbons (Fsp3) is 0.296. The fourth-order valence-electron chi connectivity index (χ4n) is 4.12. The van der Waals surface area contributed by atoms with Crippen LogP contribution in [0.3, 0.4) is 0 Å². The first-order chi connectivity index (χ1) is 15.2. The standard InChI is InChI=1S/C27H30N2O2/c1-31-26-12-11-23-14-17-29(20-25(23)19-26)16-5-4-15-28-27(30)13-9-21-8-10-22-6-2-3-7-24(22)18-21/h2-3,6-13,18-19H,4-5,14-17,20H2,1H3,(H,28,30). The zero-order valence-corrected chi connectivity index (χ0v) is 18.1. The van der Waals surface area contributed by atoms with Gasteiger partial charge in [0.25, 0.3) is 0 Å². The number of benzene rings is 3. The van der Waals surface area contributed by atoms with Gasteiger partial charge < -0.3 is 10.1 Å². The van der Waals surface area contributed by atoms with Crippen molar-refractivity contribution in [2.75, 3.05) is 26.7 Å². The number of carbonyl (C=O) groups is 1. The zero-order chi connectivity index (χ0) is 21.5. The number of ether oxygens (including phenoxy) is 1. The number of carbonyl (C=O) groups excluding carboxylic acids is 1. The van der Waals surface area contributed by atoms with Crippen molar-refractivity contribution in [3.05, 3.63) is 83.4 Å². The van der Waals surface area contributed by atoms with Gasteiger partial charge in [0.15, 0.2) is 0 Å². The molecule has 1 N–H and O–H groups in total. The van der Waals surface area contributed by atoms with E-state index in [0.717, 1.165) is 50.2 Å². The summed E-state index contributed by atoms with van der Waals surface area (Å²) in [5.41, 5.74) is 3.84. The third-order valence-corrected chi connectivity index (χ3v) is 5.91. The topological polar surface area (TPSA) is 41.6 Å². The first-order valence-electron chi connectivity index (χ1n) is 11.0. The number of fused-ring (bicyclic) bond motifs is 2. The number of methoxy groups -OCH3 is 1. The highest BCUT2D eigenvalue weighted by molar-refractivity contribution is 5.92. The molecule has 0 radical (unpaired) electrons. The number of nitrogens with zero attached hydrogens (tertiary/aromatic N) is 1. The molecule has 0 saturated heterocycles. The molecule has 1 heterocycles. The number of amides is 1. The molecule has 160 valence electrons. The number of hydrogen-bond acceptors (Lipinski definition) is 3. The molecule has 0 bridgehead atoms. The predicted octanol–water partition coefficient (Wildman–Crippen LogP) is 4.82. The molecule has 0 spiro atoms. The lowest BCUT2D eigenvalue weighted by Crippen LogP contribution is -2.32. The second-order valence-electron chi connectivity index (χ2n) is 8.10. The zero-order valence-electron chi connectivity index (χ0n) is 18.1. The van der Waals surface area contributed by atoms with E-state index < -0.39 is 0 Å². The Bertz CT molecular complexity index is 1070. The van der Waals surface area contributed by atoms with Gasteiger partial charge in [-0.2, -0.15) is 0 Å². The Morgan fingerprint density at radius 3 is 2.77 bits per heavy atom. The van der Waals surface area contributed by atoms with Crippen LogP contribution in [0.1, 0.15) is 29.5 Å². The average molecular weight is 415 g/mol. The van der Waals surface area contributed by atoms with Crippen molar-refractivity contribution in [3.63, 3.8) is 0 Å². The van der Waals surface area contributed by atoms with E-state index in [0.29, 0.717) is 6.54 Å². The monoisotopic (exact) mass is 414 g/mol. The quantitative estimate of drug-likeness (QED) is 0.425. The third-order valence-electron chi connectivity index (χ3n) is 5.91. The molecule has 0 aliphatic carbocycles. The van der Waals surface area contributed by atoms with Crippen molar-refractivity contribution in [1.82, 2.24) is 10.2 Å². The van der Waals surface area contributed by atoms with Crippen LogP contribution in [0.5, 0.6) is 5.75 Å². The molecular weight excluding hydrogens is 384 g/mol. The molecule has 3 aromatic rings. The minimum atomic E-state index is -0.0350. The van der Waals surface area contributed by atoms with Crippen LogP contribution in [0.4, 0.5) is 0 Å². The van der Waals surface area contributed by atoms with E-state index in [2.05, 4.69) is 46.6 Å². The third kappa shape index (κ3) is 5.74. The summed E-state index contributed by atoms with van der Waals surface area (Å²) in [6.45, 7) is 3.84. The fourth-order valence-corrected chi connectivity index (χ4v) is 4.12. The van der Waals surface area contributed by atoms with E-state index in [1.54, 1.807) is 13.2 Å². The predicted molar refractivity (Wildman–Crippen MR) is 127 cm³/mol. The van der Waals surface area contributed by atoms with Crippen LogP contribution in [0.15, 0.2) is 66.7 Å². The van der Waals surface area contributed by atoms with Gasteiger partial charge in [-0.1, -0.05) is 42.5 Å². The van der Waals surface area contributed by atoms with E-state index in [4.69, 9.17) is 4.74 Å². The minimum Gasteiger partial charge on any atom is -0.497 e. The maximum Gasteiger partial charge on any atom is 0.243 e. The van der Waals surface area contributed by atoms with E-state index in [9.17, 15) is 4.79 Å². The summed E-state index contributed by atoms with van der Waals surface area (Å²) >= 11 is 0. The van der Waals surface area contributed by atoms with Gasteiger partial charge in [-0.15, -0.1) is 0 Å². The highest BCUT2D eigenvalue weighted by Crippen LogP contribution is 2.24. The van der Waals surface area contributed by atoms with Crippen molar-refractivity contribution >= 4 is 22.8 Å². The molecule has 4 heteroatoms. The van der Waals surface area contributed by atoms with Gasteiger partial charge in [-0.25, -0.2) is 0 Å². The number of rotatable bonds is 8. The van der Waals surface area contributed by atoms with Crippen molar-refractivity contribution in [1.29, 1.82) is 0 Å². The van der Waals surface area contributed by atoms with E-state index in [1.807, 2.05) is 30.3 Å². The molecule has 31 heavy (non-hydrogen) atoms. The molecule has 0 aromatic heterocycles. The van der Waals surface area contributed by atoms with Gasteiger partial charge in [0.1, 0.15) is 5.75 Å². The summed E-state index contributed by atoms with van der Waals surface area (Å²) in [4.78, 5) is 14.6. The number of nitrogens with one attached hydrogen (secondary N) is 1. The maximum absolute atomic E-state index is 12.1. The van der Waals surface area contributed by atoms with Gasteiger partial charge in [0.05, 0.1) is 7.11 Å². The Morgan fingerprint density at radius 1 is 1.03 bits per heavy atom. The lowest BCUT2D eigenvalue weighted by Gasteiger charge is -2.29. The molecule has 0 atom stereocenters. The number of unbranched alkanes of at least 4 members (excludes halogenated alkanes) is 1. The Morgan fingerprint density at radius 2 is 1.90 bits per heavy atom. The van der Waals surface area contributed by atoms with Gasteiger partial charge in [0.2, 0.25) is 5.91 Å².